The lowest BCUT2D eigenvalue weighted by atomic mass is 10.1. The van der Waals surface area contributed by atoms with Crippen molar-refractivity contribution < 1.29 is 23.9 Å². The second-order valence-corrected chi connectivity index (χ2v) is 5.99. The molecule has 2 aromatic rings. The van der Waals surface area contributed by atoms with Gasteiger partial charge in [0.2, 0.25) is 5.91 Å². The average molecular weight is 396 g/mol. The van der Waals surface area contributed by atoms with Crippen LogP contribution in [-0.2, 0) is 16.1 Å². The van der Waals surface area contributed by atoms with E-state index in [1.165, 1.54) is 18.2 Å². The molecular weight excluding hydrogens is 372 g/mol. The van der Waals surface area contributed by atoms with Gasteiger partial charge in [-0.2, -0.15) is 0 Å². The van der Waals surface area contributed by atoms with Gasteiger partial charge in [0.1, 0.15) is 5.75 Å². The van der Waals surface area contributed by atoms with Crippen LogP contribution in [0, 0.1) is 0 Å². The monoisotopic (exact) mass is 396 g/mol. The molecule has 0 bridgehead atoms. The molecule has 0 saturated carbocycles. The van der Waals surface area contributed by atoms with Crippen LogP contribution in [0.15, 0.2) is 60.7 Å². The Balaban J connectivity index is 1.84. The third-order valence-electron chi connectivity index (χ3n) is 3.76. The highest BCUT2D eigenvalue weighted by atomic mass is 16.7. The number of hydrogen-bond acceptors (Lipinski definition) is 5. The fourth-order valence-electron chi connectivity index (χ4n) is 2.32. The number of allylic oxidation sites excluding steroid dienone is 1. The molecule has 0 fully saturated rings. The highest BCUT2D eigenvalue weighted by Crippen LogP contribution is 2.14. The van der Waals surface area contributed by atoms with Crippen LogP contribution >= 0.6 is 0 Å². The molecule has 7 nitrogen and oxygen atoms in total. The van der Waals surface area contributed by atoms with Gasteiger partial charge in [0, 0.05) is 17.8 Å². The Labute approximate surface area is 169 Å². The van der Waals surface area contributed by atoms with Gasteiger partial charge in [-0.15, -0.1) is 0 Å². The molecule has 2 aromatic carbocycles. The minimum Gasteiger partial charge on any atom is -0.434 e. The van der Waals surface area contributed by atoms with Crippen molar-refractivity contribution in [3.8, 4) is 5.75 Å². The summed E-state index contributed by atoms with van der Waals surface area (Å²) < 4.78 is 9.64. The first-order valence-corrected chi connectivity index (χ1v) is 9.31. The van der Waals surface area contributed by atoms with Crippen LogP contribution < -0.4 is 15.4 Å². The number of hydrogen-bond donors (Lipinski definition) is 2. The fourth-order valence-corrected chi connectivity index (χ4v) is 2.32. The van der Waals surface area contributed by atoms with Crippen molar-refractivity contribution in [3.05, 3.63) is 71.8 Å². The molecule has 0 heterocycles. The molecule has 0 unspecified atom stereocenters. The van der Waals surface area contributed by atoms with Gasteiger partial charge in [0.15, 0.2) is 0 Å². The SMILES string of the molecule is CC/C=C/C(=O)Nc1ccc(CNC(=O)c2ccc(OC(=O)OCC)cc2)cc1. The number of carbonyl (C=O) groups excluding carboxylic acids is 3. The standard InChI is InChI=1S/C22H24N2O5/c1-3-5-6-20(25)24-18-11-7-16(8-12-18)15-23-21(26)17-9-13-19(14-10-17)29-22(27)28-4-2/h5-14H,3-4,15H2,1-2H3,(H,23,26)(H,24,25)/b6-5+. The predicted molar refractivity (Wildman–Crippen MR) is 110 cm³/mol. The zero-order chi connectivity index (χ0) is 21.1. The summed E-state index contributed by atoms with van der Waals surface area (Å²) >= 11 is 0. The summed E-state index contributed by atoms with van der Waals surface area (Å²) in [4.78, 5) is 35.2. The zero-order valence-electron chi connectivity index (χ0n) is 16.4. The van der Waals surface area contributed by atoms with E-state index >= 15 is 0 Å². The number of carbonyl (C=O) groups is 3. The lowest BCUT2D eigenvalue weighted by Crippen LogP contribution is -2.22. The van der Waals surface area contributed by atoms with Gasteiger partial charge in [-0.3, -0.25) is 9.59 Å². The Morgan fingerprint density at radius 3 is 2.28 bits per heavy atom. The van der Waals surface area contributed by atoms with E-state index in [0.717, 1.165) is 12.0 Å². The Hall–Kier alpha value is -3.61. The van der Waals surface area contributed by atoms with Crippen molar-refractivity contribution in [2.45, 2.75) is 26.8 Å². The maximum Gasteiger partial charge on any atom is 0.513 e. The quantitative estimate of drug-likeness (QED) is 0.399. The Kier molecular flexibility index (Phi) is 8.44. The van der Waals surface area contributed by atoms with Crippen molar-refractivity contribution in [1.82, 2.24) is 5.32 Å². The van der Waals surface area contributed by atoms with Crippen molar-refractivity contribution in [1.29, 1.82) is 0 Å². The summed E-state index contributed by atoms with van der Waals surface area (Å²) in [6, 6.07) is 13.4. The molecule has 0 radical (unpaired) electrons. The van der Waals surface area contributed by atoms with Crippen LogP contribution in [0.1, 0.15) is 36.2 Å². The molecule has 0 atom stereocenters. The van der Waals surface area contributed by atoms with Gasteiger partial charge >= 0.3 is 6.16 Å². The summed E-state index contributed by atoms with van der Waals surface area (Å²) in [6.45, 7) is 4.20. The van der Waals surface area contributed by atoms with Crippen molar-refractivity contribution in [2.24, 2.45) is 0 Å². The van der Waals surface area contributed by atoms with Gasteiger partial charge in [-0.1, -0.05) is 25.1 Å². The number of amides is 2. The molecule has 2 amide bonds. The highest BCUT2D eigenvalue weighted by Gasteiger charge is 2.08. The van der Waals surface area contributed by atoms with Crippen LogP contribution in [0.4, 0.5) is 10.5 Å². The van der Waals surface area contributed by atoms with E-state index in [2.05, 4.69) is 10.6 Å². The van der Waals surface area contributed by atoms with Gasteiger partial charge in [0.05, 0.1) is 6.61 Å². The largest absolute Gasteiger partial charge is 0.513 e. The molecule has 0 aromatic heterocycles. The Bertz CT molecular complexity index is 858. The second kappa shape index (κ2) is 11.3. The Morgan fingerprint density at radius 2 is 1.66 bits per heavy atom. The molecule has 7 heteroatoms. The second-order valence-electron chi connectivity index (χ2n) is 5.99. The van der Waals surface area contributed by atoms with Gasteiger partial charge in [-0.25, -0.2) is 4.79 Å². The lowest BCUT2D eigenvalue weighted by Gasteiger charge is -2.08. The molecule has 2 N–H and O–H groups in total. The third kappa shape index (κ3) is 7.50. The minimum atomic E-state index is -0.786. The van der Waals surface area contributed by atoms with Crippen molar-refractivity contribution in [3.63, 3.8) is 0 Å². The van der Waals surface area contributed by atoms with Gasteiger partial charge in [-0.05, 0) is 61.4 Å². The third-order valence-corrected chi connectivity index (χ3v) is 3.76. The van der Waals surface area contributed by atoms with Crippen LogP contribution in [0.5, 0.6) is 5.75 Å². The maximum atomic E-state index is 12.3. The topological polar surface area (TPSA) is 93.7 Å². The molecule has 0 spiro atoms. The fraction of sp³-hybridized carbons (Fsp3) is 0.227. The number of benzene rings is 2. The molecule has 0 aliphatic carbocycles. The average Bonchev–Trinajstić information content (AvgIpc) is 2.72. The number of rotatable bonds is 8. The highest BCUT2D eigenvalue weighted by molar-refractivity contribution is 5.99. The summed E-state index contributed by atoms with van der Waals surface area (Å²) in [5.74, 6) is -0.135. The summed E-state index contributed by atoms with van der Waals surface area (Å²) in [7, 11) is 0. The van der Waals surface area contributed by atoms with E-state index in [0.29, 0.717) is 23.5 Å². The summed E-state index contributed by atoms with van der Waals surface area (Å²) in [6.07, 6.45) is 3.30. The minimum absolute atomic E-state index is 0.178. The molecule has 29 heavy (non-hydrogen) atoms. The zero-order valence-corrected chi connectivity index (χ0v) is 16.4. The molecule has 0 aliphatic rings. The van der Waals surface area contributed by atoms with E-state index in [-0.39, 0.29) is 18.4 Å². The van der Waals surface area contributed by atoms with E-state index in [1.807, 2.05) is 19.1 Å². The number of nitrogens with one attached hydrogen (secondary N) is 2. The van der Waals surface area contributed by atoms with E-state index in [4.69, 9.17) is 9.47 Å². The predicted octanol–water partition coefficient (Wildman–Crippen LogP) is 4.06. The Morgan fingerprint density at radius 1 is 0.966 bits per heavy atom. The van der Waals surface area contributed by atoms with Gasteiger partial charge in [0.25, 0.3) is 5.91 Å². The van der Waals surface area contributed by atoms with E-state index < -0.39 is 6.16 Å². The van der Waals surface area contributed by atoms with Crippen molar-refractivity contribution in [2.75, 3.05) is 11.9 Å². The molecule has 152 valence electrons. The molecule has 0 aliphatic heterocycles. The van der Waals surface area contributed by atoms with Crippen LogP contribution in [0.25, 0.3) is 0 Å². The number of ether oxygens (including phenoxy) is 2. The summed E-state index contributed by atoms with van der Waals surface area (Å²) in [5, 5.41) is 5.58. The normalized spacial score (nSPS) is 10.4. The first-order valence-electron chi connectivity index (χ1n) is 9.31. The first kappa shape index (κ1) is 21.7. The van der Waals surface area contributed by atoms with E-state index in [9.17, 15) is 14.4 Å². The first-order chi connectivity index (χ1) is 14.0. The van der Waals surface area contributed by atoms with Crippen LogP contribution in [0.3, 0.4) is 0 Å². The van der Waals surface area contributed by atoms with Crippen LogP contribution in [-0.4, -0.2) is 24.6 Å². The maximum absolute atomic E-state index is 12.3. The number of anilines is 1. The smallest absolute Gasteiger partial charge is 0.434 e. The summed E-state index contributed by atoms with van der Waals surface area (Å²) in [5.41, 5.74) is 2.01. The lowest BCUT2D eigenvalue weighted by molar-refractivity contribution is -0.111. The van der Waals surface area contributed by atoms with Crippen molar-refractivity contribution >= 4 is 23.7 Å². The van der Waals surface area contributed by atoms with Crippen LogP contribution in [0.2, 0.25) is 0 Å². The van der Waals surface area contributed by atoms with E-state index in [1.54, 1.807) is 37.3 Å². The molecular formula is C22H24N2O5. The van der Waals surface area contributed by atoms with Gasteiger partial charge < -0.3 is 20.1 Å². The molecule has 2 rings (SSSR count). The molecule has 0 saturated heterocycles.